The normalized spacial score (nSPS) is 11.2. The second-order valence-corrected chi connectivity index (χ2v) is 9.00. The molecule has 2 aromatic carbocycles. The lowest BCUT2D eigenvalue weighted by atomic mass is 10.1. The minimum Gasteiger partial charge on any atom is -0.309 e. The molecular formula is C19H18BrClN4O3S. The van der Waals surface area contributed by atoms with Gasteiger partial charge in [0.25, 0.3) is 11.6 Å². The lowest BCUT2D eigenvalue weighted by Gasteiger charge is -2.21. The lowest BCUT2D eigenvalue weighted by Crippen LogP contribution is -2.33. The Morgan fingerprint density at radius 2 is 2.00 bits per heavy atom. The Morgan fingerprint density at radius 3 is 2.69 bits per heavy atom. The molecule has 0 saturated carbocycles. The van der Waals surface area contributed by atoms with Crippen LogP contribution in [-0.2, 0) is 0 Å². The summed E-state index contributed by atoms with van der Waals surface area (Å²) in [6, 6.07) is 9.67. The van der Waals surface area contributed by atoms with E-state index in [-0.39, 0.29) is 16.3 Å². The van der Waals surface area contributed by atoms with Crippen LogP contribution in [0.5, 0.6) is 0 Å². The number of rotatable bonds is 7. The number of benzene rings is 2. The van der Waals surface area contributed by atoms with E-state index in [2.05, 4.69) is 20.9 Å². The van der Waals surface area contributed by atoms with Crippen molar-refractivity contribution in [3.63, 3.8) is 0 Å². The topological polar surface area (TPSA) is 79.6 Å². The van der Waals surface area contributed by atoms with E-state index in [1.165, 1.54) is 34.4 Å². The van der Waals surface area contributed by atoms with Gasteiger partial charge in [0.1, 0.15) is 5.56 Å². The number of nitrogens with zero attached hydrogens (tertiary/aromatic N) is 4. The third kappa shape index (κ3) is 5.11. The number of nitro groups is 1. The summed E-state index contributed by atoms with van der Waals surface area (Å²) in [4.78, 5) is 32.3. The van der Waals surface area contributed by atoms with Gasteiger partial charge in [-0.15, -0.1) is 0 Å². The van der Waals surface area contributed by atoms with Crippen LogP contribution in [0.3, 0.4) is 0 Å². The maximum Gasteiger partial charge on any atom is 0.282 e. The fourth-order valence-electron chi connectivity index (χ4n) is 2.82. The number of anilines is 1. The van der Waals surface area contributed by atoms with Gasteiger partial charge in [-0.2, -0.15) is 0 Å². The van der Waals surface area contributed by atoms with Gasteiger partial charge >= 0.3 is 0 Å². The number of aromatic nitrogens is 1. The maximum absolute atomic E-state index is 13.3. The molecule has 3 aromatic rings. The van der Waals surface area contributed by atoms with Crippen LogP contribution >= 0.6 is 38.9 Å². The highest BCUT2D eigenvalue weighted by Crippen LogP contribution is 2.33. The van der Waals surface area contributed by atoms with Crippen LogP contribution in [0.1, 0.15) is 16.8 Å². The number of nitro benzene ring substituents is 1. The average molecular weight is 498 g/mol. The minimum absolute atomic E-state index is 0.0483. The van der Waals surface area contributed by atoms with Crippen LogP contribution < -0.4 is 4.90 Å². The van der Waals surface area contributed by atoms with E-state index in [0.717, 1.165) is 21.2 Å². The Kier molecular flexibility index (Phi) is 6.84. The second kappa shape index (κ2) is 9.17. The summed E-state index contributed by atoms with van der Waals surface area (Å²) in [6.45, 7) is 1.14. The molecule has 152 valence electrons. The van der Waals surface area contributed by atoms with E-state index >= 15 is 0 Å². The second-order valence-electron chi connectivity index (χ2n) is 6.64. The van der Waals surface area contributed by atoms with E-state index in [1.807, 2.05) is 37.2 Å². The summed E-state index contributed by atoms with van der Waals surface area (Å²) in [5, 5.41) is 12.2. The largest absolute Gasteiger partial charge is 0.309 e. The van der Waals surface area contributed by atoms with Gasteiger partial charge in [-0.25, -0.2) is 4.98 Å². The Morgan fingerprint density at radius 1 is 1.24 bits per heavy atom. The molecule has 1 heterocycles. The van der Waals surface area contributed by atoms with E-state index in [0.29, 0.717) is 18.1 Å². The predicted molar refractivity (Wildman–Crippen MR) is 120 cm³/mol. The Labute approximate surface area is 185 Å². The number of hydrogen-bond acceptors (Lipinski definition) is 6. The van der Waals surface area contributed by atoms with Crippen molar-refractivity contribution in [2.75, 3.05) is 32.1 Å². The summed E-state index contributed by atoms with van der Waals surface area (Å²) in [5.74, 6) is -0.490. The molecule has 0 aliphatic heterocycles. The van der Waals surface area contributed by atoms with Gasteiger partial charge in [-0.05, 0) is 57.4 Å². The zero-order valence-corrected chi connectivity index (χ0v) is 18.9. The number of thiazole rings is 1. The summed E-state index contributed by atoms with van der Waals surface area (Å²) < 4.78 is 1.83. The van der Waals surface area contributed by atoms with Gasteiger partial charge in [0.05, 0.1) is 15.1 Å². The van der Waals surface area contributed by atoms with Gasteiger partial charge in [0, 0.05) is 22.1 Å². The standard InChI is InChI=1S/C19H18BrClN4O3S/c1-23(2)8-3-9-24(19-22-15-6-4-12(20)10-17(15)29-19)18(26)14-11-13(21)5-7-16(14)25(27)28/h4-7,10-11H,3,8-9H2,1-2H3. The molecule has 0 spiro atoms. The molecule has 1 amide bonds. The fraction of sp³-hybridized carbons (Fsp3) is 0.263. The zero-order valence-electron chi connectivity index (χ0n) is 15.8. The summed E-state index contributed by atoms with van der Waals surface area (Å²) in [6.07, 6.45) is 0.687. The molecule has 0 N–H and O–H groups in total. The van der Waals surface area contributed by atoms with Gasteiger partial charge in [0.2, 0.25) is 0 Å². The molecule has 0 fully saturated rings. The average Bonchev–Trinajstić information content (AvgIpc) is 3.06. The summed E-state index contributed by atoms with van der Waals surface area (Å²) in [7, 11) is 3.90. The first-order valence-electron chi connectivity index (χ1n) is 8.73. The van der Waals surface area contributed by atoms with Crippen molar-refractivity contribution in [3.05, 3.63) is 61.6 Å². The van der Waals surface area contributed by atoms with Gasteiger partial charge in [0.15, 0.2) is 5.13 Å². The van der Waals surface area contributed by atoms with E-state index in [9.17, 15) is 14.9 Å². The monoisotopic (exact) mass is 496 g/mol. The molecule has 0 atom stereocenters. The van der Waals surface area contributed by atoms with Crippen molar-refractivity contribution >= 4 is 65.8 Å². The molecule has 0 aliphatic rings. The van der Waals surface area contributed by atoms with Crippen molar-refractivity contribution < 1.29 is 9.72 Å². The molecule has 3 rings (SSSR count). The molecule has 0 saturated heterocycles. The molecule has 7 nitrogen and oxygen atoms in total. The third-order valence-electron chi connectivity index (χ3n) is 4.19. The summed E-state index contributed by atoms with van der Waals surface area (Å²) >= 11 is 10.8. The number of amides is 1. The quantitative estimate of drug-likeness (QED) is 0.330. The fourth-order valence-corrected chi connectivity index (χ4v) is 4.53. The Balaban J connectivity index is 2.04. The van der Waals surface area contributed by atoms with Gasteiger partial charge in [-0.1, -0.05) is 38.9 Å². The lowest BCUT2D eigenvalue weighted by molar-refractivity contribution is -0.385. The van der Waals surface area contributed by atoms with Crippen molar-refractivity contribution in [2.45, 2.75) is 6.42 Å². The van der Waals surface area contributed by atoms with Crippen LogP contribution in [0.25, 0.3) is 10.2 Å². The SMILES string of the molecule is CN(C)CCCN(C(=O)c1cc(Cl)ccc1[N+](=O)[O-])c1nc2ccc(Br)cc2s1. The van der Waals surface area contributed by atoms with Crippen LogP contribution in [0.2, 0.25) is 5.02 Å². The van der Waals surface area contributed by atoms with Crippen molar-refractivity contribution in [1.82, 2.24) is 9.88 Å². The molecule has 0 bridgehead atoms. The molecule has 1 aromatic heterocycles. The van der Waals surface area contributed by atoms with Crippen LogP contribution in [0.4, 0.5) is 10.8 Å². The third-order valence-corrected chi connectivity index (χ3v) is 5.96. The smallest absolute Gasteiger partial charge is 0.282 e. The minimum atomic E-state index is -0.572. The maximum atomic E-state index is 13.3. The Hall–Kier alpha value is -2.07. The highest BCUT2D eigenvalue weighted by Gasteiger charge is 2.28. The highest BCUT2D eigenvalue weighted by atomic mass is 79.9. The molecule has 10 heteroatoms. The molecular weight excluding hydrogens is 480 g/mol. The zero-order chi connectivity index (χ0) is 21.1. The first-order chi connectivity index (χ1) is 13.8. The van der Waals surface area contributed by atoms with Crippen LogP contribution in [-0.4, -0.2) is 47.9 Å². The van der Waals surface area contributed by atoms with Crippen molar-refractivity contribution in [1.29, 1.82) is 0 Å². The van der Waals surface area contributed by atoms with E-state index in [4.69, 9.17) is 11.6 Å². The molecule has 0 aliphatic carbocycles. The first kappa shape index (κ1) is 21.6. The van der Waals surface area contributed by atoms with E-state index < -0.39 is 10.8 Å². The molecule has 0 unspecified atom stereocenters. The first-order valence-corrected chi connectivity index (χ1v) is 10.7. The highest BCUT2D eigenvalue weighted by molar-refractivity contribution is 9.10. The molecule has 29 heavy (non-hydrogen) atoms. The van der Waals surface area contributed by atoms with Crippen LogP contribution in [0, 0.1) is 10.1 Å². The Bertz CT molecular complexity index is 1070. The number of hydrogen-bond donors (Lipinski definition) is 0. The number of carbonyl (C=O) groups is 1. The van der Waals surface area contributed by atoms with Crippen molar-refractivity contribution in [2.24, 2.45) is 0 Å². The molecule has 0 radical (unpaired) electrons. The number of carbonyl (C=O) groups excluding carboxylic acids is 1. The van der Waals surface area contributed by atoms with Crippen LogP contribution in [0.15, 0.2) is 40.9 Å². The van der Waals surface area contributed by atoms with E-state index in [1.54, 1.807) is 0 Å². The predicted octanol–water partition coefficient (Wildman–Crippen LogP) is 5.22. The van der Waals surface area contributed by atoms with Gasteiger partial charge in [-0.3, -0.25) is 19.8 Å². The number of halogens is 2. The number of fused-ring (bicyclic) bond motifs is 1. The summed E-state index contributed by atoms with van der Waals surface area (Å²) in [5.41, 5.74) is 0.438. The van der Waals surface area contributed by atoms with Gasteiger partial charge < -0.3 is 4.90 Å². The van der Waals surface area contributed by atoms with Crippen molar-refractivity contribution in [3.8, 4) is 0 Å².